The molecule has 0 radical (unpaired) electrons. The summed E-state index contributed by atoms with van der Waals surface area (Å²) in [5.74, 6) is 0.665. The van der Waals surface area contributed by atoms with E-state index in [4.69, 9.17) is 5.11 Å². The molecule has 0 amide bonds. The van der Waals surface area contributed by atoms with Crippen molar-refractivity contribution in [1.29, 1.82) is 0 Å². The second kappa shape index (κ2) is 7.66. The zero-order chi connectivity index (χ0) is 14.3. The molecule has 0 heterocycles. The van der Waals surface area contributed by atoms with Gasteiger partial charge >= 0.3 is 0 Å². The van der Waals surface area contributed by atoms with Crippen molar-refractivity contribution in [2.75, 3.05) is 13.2 Å². The van der Waals surface area contributed by atoms with E-state index in [-0.39, 0.29) is 12.0 Å². The molecule has 108 valence electrons. The summed E-state index contributed by atoms with van der Waals surface area (Å²) in [4.78, 5) is 0. The lowest BCUT2D eigenvalue weighted by atomic mass is 9.88. The highest BCUT2D eigenvalue weighted by atomic mass is 16.3. The Balaban J connectivity index is 2.66. The predicted molar refractivity (Wildman–Crippen MR) is 82.1 cm³/mol. The third-order valence-electron chi connectivity index (χ3n) is 3.52. The Labute approximate surface area is 118 Å². The summed E-state index contributed by atoms with van der Waals surface area (Å²) in [6.45, 7) is 10.1. The van der Waals surface area contributed by atoms with Gasteiger partial charge in [-0.25, -0.2) is 0 Å². The van der Waals surface area contributed by atoms with Crippen LogP contribution in [-0.4, -0.2) is 18.3 Å². The minimum Gasteiger partial charge on any atom is -0.396 e. The summed E-state index contributed by atoms with van der Waals surface area (Å²) in [7, 11) is 0. The van der Waals surface area contributed by atoms with Crippen LogP contribution < -0.4 is 5.32 Å². The van der Waals surface area contributed by atoms with Crippen molar-refractivity contribution in [3.63, 3.8) is 0 Å². The van der Waals surface area contributed by atoms with Crippen LogP contribution in [0, 0.1) is 11.3 Å². The number of rotatable bonds is 8. The van der Waals surface area contributed by atoms with Gasteiger partial charge in [0.1, 0.15) is 0 Å². The van der Waals surface area contributed by atoms with E-state index >= 15 is 0 Å². The number of aliphatic hydroxyl groups is 1. The van der Waals surface area contributed by atoms with Crippen molar-refractivity contribution in [3.8, 4) is 0 Å². The third kappa shape index (κ3) is 6.22. The van der Waals surface area contributed by atoms with Crippen molar-refractivity contribution in [2.24, 2.45) is 11.3 Å². The first-order valence-corrected chi connectivity index (χ1v) is 7.34. The van der Waals surface area contributed by atoms with Crippen LogP contribution in [0.5, 0.6) is 0 Å². The third-order valence-corrected chi connectivity index (χ3v) is 3.52. The molecule has 1 rings (SSSR count). The van der Waals surface area contributed by atoms with E-state index in [2.05, 4.69) is 63.3 Å². The number of hydrogen-bond donors (Lipinski definition) is 2. The molecule has 19 heavy (non-hydrogen) atoms. The summed E-state index contributed by atoms with van der Waals surface area (Å²) in [5, 5.41) is 12.8. The number of benzene rings is 1. The predicted octanol–water partition coefficient (Wildman–Crippen LogP) is 3.77. The van der Waals surface area contributed by atoms with E-state index < -0.39 is 0 Å². The van der Waals surface area contributed by atoms with Gasteiger partial charge in [-0.05, 0) is 29.7 Å². The maximum absolute atomic E-state index is 9.10. The summed E-state index contributed by atoms with van der Waals surface area (Å²) >= 11 is 0. The van der Waals surface area contributed by atoms with E-state index in [0.29, 0.717) is 12.0 Å². The van der Waals surface area contributed by atoms with Crippen LogP contribution >= 0.6 is 0 Å². The molecule has 0 bridgehead atoms. The fourth-order valence-corrected chi connectivity index (χ4v) is 2.28. The molecule has 0 saturated heterocycles. The van der Waals surface area contributed by atoms with E-state index in [0.717, 1.165) is 19.4 Å². The fraction of sp³-hybridized carbons (Fsp3) is 0.647. The van der Waals surface area contributed by atoms with E-state index in [9.17, 15) is 0 Å². The van der Waals surface area contributed by atoms with Gasteiger partial charge in [0.25, 0.3) is 0 Å². The molecule has 0 saturated carbocycles. The van der Waals surface area contributed by atoms with Gasteiger partial charge in [-0.3, -0.25) is 0 Å². The van der Waals surface area contributed by atoms with Crippen LogP contribution in [0.15, 0.2) is 30.3 Å². The highest BCUT2D eigenvalue weighted by Crippen LogP contribution is 2.24. The van der Waals surface area contributed by atoms with E-state index in [1.165, 1.54) is 5.56 Å². The standard InChI is InChI=1S/C17H29NO/c1-14(2)12-16(15-8-6-5-7-9-15)18-13-17(3,4)10-11-19/h5-9,14,16,18-19H,10-13H2,1-4H3. The SMILES string of the molecule is CC(C)CC(NCC(C)(C)CCO)c1ccccc1. The molecule has 0 aromatic heterocycles. The molecule has 0 aliphatic carbocycles. The summed E-state index contributed by atoms with van der Waals surface area (Å²) in [6.07, 6.45) is 1.97. The molecular formula is C17H29NO. The molecule has 0 fully saturated rings. The summed E-state index contributed by atoms with van der Waals surface area (Å²) in [5.41, 5.74) is 1.50. The first kappa shape index (κ1) is 16.2. The molecule has 0 aliphatic heterocycles. The zero-order valence-corrected chi connectivity index (χ0v) is 12.8. The first-order chi connectivity index (χ1) is 8.94. The average Bonchev–Trinajstić information content (AvgIpc) is 2.35. The minimum atomic E-state index is 0.138. The molecule has 2 nitrogen and oxygen atoms in total. The summed E-state index contributed by atoms with van der Waals surface area (Å²) in [6, 6.07) is 11.1. The molecule has 1 unspecified atom stereocenters. The van der Waals surface area contributed by atoms with Crippen LogP contribution in [0.1, 0.15) is 52.1 Å². The molecule has 1 aromatic rings. The Morgan fingerprint density at radius 1 is 1.16 bits per heavy atom. The molecule has 0 spiro atoms. The number of hydrogen-bond acceptors (Lipinski definition) is 2. The molecule has 1 aromatic carbocycles. The minimum absolute atomic E-state index is 0.138. The Kier molecular flexibility index (Phi) is 6.53. The second-order valence-corrected chi connectivity index (χ2v) is 6.61. The van der Waals surface area contributed by atoms with Crippen molar-refractivity contribution in [2.45, 2.75) is 46.6 Å². The monoisotopic (exact) mass is 263 g/mol. The topological polar surface area (TPSA) is 32.3 Å². The van der Waals surface area contributed by atoms with Crippen LogP contribution in [0.4, 0.5) is 0 Å². The van der Waals surface area contributed by atoms with Gasteiger partial charge in [-0.15, -0.1) is 0 Å². The maximum Gasteiger partial charge on any atom is 0.0436 e. The van der Waals surface area contributed by atoms with Crippen LogP contribution in [0.3, 0.4) is 0 Å². The van der Waals surface area contributed by atoms with E-state index in [1.54, 1.807) is 0 Å². The Morgan fingerprint density at radius 3 is 2.32 bits per heavy atom. The zero-order valence-electron chi connectivity index (χ0n) is 12.8. The lowest BCUT2D eigenvalue weighted by Gasteiger charge is -2.29. The normalized spacial score (nSPS) is 13.8. The van der Waals surface area contributed by atoms with Crippen molar-refractivity contribution < 1.29 is 5.11 Å². The van der Waals surface area contributed by atoms with Gasteiger partial charge in [0.15, 0.2) is 0 Å². The van der Waals surface area contributed by atoms with Gasteiger partial charge in [0.2, 0.25) is 0 Å². The second-order valence-electron chi connectivity index (χ2n) is 6.61. The van der Waals surface area contributed by atoms with Crippen LogP contribution in [-0.2, 0) is 0 Å². The Morgan fingerprint density at radius 2 is 1.79 bits per heavy atom. The smallest absolute Gasteiger partial charge is 0.0436 e. The van der Waals surface area contributed by atoms with Gasteiger partial charge < -0.3 is 10.4 Å². The number of aliphatic hydroxyl groups excluding tert-OH is 1. The average molecular weight is 263 g/mol. The van der Waals surface area contributed by atoms with Gasteiger partial charge in [0.05, 0.1) is 0 Å². The largest absolute Gasteiger partial charge is 0.396 e. The molecule has 1 atom stereocenters. The molecule has 2 heteroatoms. The summed E-state index contributed by atoms with van der Waals surface area (Å²) < 4.78 is 0. The van der Waals surface area contributed by atoms with Gasteiger partial charge in [-0.2, -0.15) is 0 Å². The van der Waals surface area contributed by atoms with Crippen molar-refractivity contribution in [1.82, 2.24) is 5.32 Å². The first-order valence-electron chi connectivity index (χ1n) is 7.34. The lowest BCUT2D eigenvalue weighted by molar-refractivity contribution is 0.200. The quantitative estimate of drug-likeness (QED) is 0.748. The fourth-order valence-electron chi connectivity index (χ4n) is 2.28. The van der Waals surface area contributed by atoms with E-state index in [1.807, 2.05) is 0 Å². The van der Waals surface area contributed by atoms with Gasteiger partial charge in [-0.1, -0.05) is 58.0 Å². The molecule has 0 aliphatic rings. The van der Waals surface area contributed by atoms with Crippen molar-refractivity contribution >= 4 is 0 Å². The molecular weight excluding hydrogens is 234 g/mol. The Hall–Kier alpha value is -0.860. The number of nitrogens with one attached hydrogen (secondary N) is 1. The Bertz CT molecular complexity index is 346. The van der Waals surface area contributed by atoms with Crippen LogP contribution in [0.2, 0.25) is 0 Å². The van der Waals surface area contributed by atoms with Crippen LogP contribution in [0.25, 0.3) is 0 Å². The molecule has 2 N–H and O–H groups in total. The lowest BCUT2D eigenvalue weighted by Crippen LogP contribution is -2.33. The maximum atomic E-state index is 9.10. The highest BCUT2D eigenvalue weighted by Gasteiger charge is 2.20. The van der Waals surface area contributed by atoms with Crippen molar-refractivity contribution in [3.05, 3.63) is 35.9 Å². The van der Waals surface area contributed by atoms with Gasteiger partial charge in [0, 0.05) is 19.2 Å². The highest BCUT2D eigenvalue weighted by molar-refractivity contribution is 5.19.